The molecule has 0 fully saturated rings. The molecule has 0 amide bonds. The molecule has 25 heavy (non-hydrogen) atoms. The summed E-state index contributed by atoms with van der Waals surface area (Å²) in [6.45, 7) is 6.62. The van der Waals surface area contributed by atoms with Crippen LogP contribution in [0.3, 0.4) is 0 Å². The Kier molecular flexibility index (Phi) is 5.21. The minimum atomic E-state index is 0.160. The van der Waals surface area contributed by atoms with Gasteiger partial charge < -0.3 is 0 Å². The Balaban J connectivity index is 1.64. The van der Waals surface area contributed by atoms with E-state index in [2.05, 4.69) is 60.5 Å². The van der Waals surface area contributed by atoms with Crippen LogP contribution in [0.2, 0.25) is 5.02 Å². The zero-order chi connectivity index (χ0) is 17.9. The van der Waals surface area contributed by atoms with Crippen molar-refractivity contribution in [2.45, 2.75) is 26.2 Å². The summed E-state index contributed by atoms with van der Waals surface area (Å²) in [5.74, 6) is 0. The van der Waals surface area contributed by atoms with Gasteiger partial charge in [0.15, 0.2) is 0 Å². The van der Waals surface area contributed by atoms with Gasteiger partial charge in [-0.15, -0.1) is 11.3 Å². The van der Waals surface area contributed by atoms with Crippen LogP contribution in [0, 0.1) is 0 Å². The van der Waals surface area contributed by atoms with Crippen LogP contribution in [-0.2, 0) is 5.41 Å². The molecule has 5 heteroatoms. The molecule has 0 aliphatic carbocycles. The molecule has 1 aromatic heterocycles. The normalized spacial score (nSPS) is 11.8. The summed E-state index contributed by atoms with van der Waals surface area (Å²) in [6, 6.07) is 16.1. The summed E-state index contributed by atoms with van der Waals surface area (Å²) < 4.78 is 0. The van der Waals surface area contributed by atoms with E-state index in [0.29, 0.717) is 0 Å². The number of hydrogen-bond donors (Lipinski definition) is 1. The summed E-state index contributed by atoms with van der Waals surface area (Å²) in [5.41, 5.74) is 7.46. The molecule has 0 aliphatic heterocycles. The summed E-state index contributed by atoms with van der Waals surface area (Å²) in [7, 11) is 0. The van der Waals surface area contributed by atoms with E-state index in [1.54, 1.807) is 6.21 Å². The molecular weight excluding hydrogens is 350 g/mol. The van der Waals surface area contributed by atoms with Gasteiger partial charge in [0.2, 0.25) is 5.13 Å². The number of nitrogens with zero attached hydrogens (tertiary/aromatic N) is 2. The fraction of sp³-hybridized carbons (Fsp3) is 0.200. The first-order valence-electron chi connectivity index (χ1n) is 8.03. The summed E-state index contributed by atoms with van der Waals surface area (Å²) in [4.78, 5) is 4.54. The van der Waals surface area contributed by atoms with Crippen LogP contribution >= 0.6 is 22.9 Å². The Morgan fingerprint density at radius 1 is 1.04 bits per heavy atom. The second-order valence-corrected chi connectivity index (χ2v) is 8.08. The maximum atomic E-state index is 5.92. The van der Waals surface area contributed by atoms with E-state index < -0.39 is 0 Å². The smallest absolute Gasteiger partial charge is 0.203 e. The maximum absolute atomic E-state index is 5.92. The highest BCUT2D eigenvalue weighted by atomic mass is 35.5. The van der Waals surface area contributed by atoms with Crippen molar-refractivity contribution < 1.29 is 0 Å². The molecule has 0 spiro atoms. The number of nitrogens with one attached hydrogen (secondary N) is 1. The minimum Gasteiger partial charge on any atom is -0.253 e. The Bertz CT molecular complexity index is 859. The van der Waals surface area contributed by atoms with Crippen molar-refractivity contribution in [3.63, 3.8) is 0 Å². The molecule has 0 saturated heterocycles. The van der Waals surface area contributed by atoms with Crippen molar-refractivity contribution in [1.82, 2.24) is 4.98 Å². The second kappa shape index (κ2) is 7.38. The zero-order valence-electron chi connectivity index (χ0n) is 14.5. The topological polar surface area (TPSA) is 37.3 Å². The first-order valence-corrected chi connectivity index (χ1v) is 9.29. The van der Waals surface area contributed by atoms with E-state index in [-0.39, 0.29) is 5.41 Å². The number of thiazole rings is 1. The quantitative estimate of drug-likeness (QED) is 0.438. The number of benzene rings is 2. The van der Waals surface area contributed by atoms with Crippen molar-refractivity contribution in [1.29, 1.82) is 0 Å². The highest BCUT2D eigenvalue weighted by Crippen LogP contribution is 2.26. The van der Waals surface area contributed by atoms with Gasteiger partial charge >= 0.3 is 0 Å². The molecule has 0 saturated carbocycles. The third-order valence-electron chi connectivity index (χ3n) is 3.79. The van der Waals surface area contributed by atoms with E-state index in [1.165, 1.54) is 16.9 Å². The fourth-order valence-electron chi connectivity index (χ4n) is 2.31. The van der Waals surface area contributed by atoms with E-state index in [1.807, 2.05) is 29.6 Å². The van der Waals surface area contributed by atoms with Crippen molar-refractivity contribution >= 4 is 34.3 Å². The average Bonchev–Trinajstić information content (AvgIpc) is 3.04. The maximum Gasteiger partial charge on any atom is 0.203 e. The molecule has 1 heterocycles. The van der Waals surface area contributed by atoms with Crippen LogP contribution in [0.25, 0.3) is 11.3 Å². The molecule has 0 radical (unpaired) electrons. The third kappa shape index (κ3) is 4.68. The molecule has 1 N–H and O–H groups in total. The van der Waals surface area contributed by atoms with E-state index in [0.717, 1.165) is 27.0 Å². The molecular formula is C20H20ClN3S. The molecule has 3 nitrogen and oxygen atoms in total. The number of hydrazone groups is 1. The first kappa shape index (κ1) is 17.6. The molecule has 3 aromatic rings. The van der Waals surface area contributed by atoms with Crippen molar-refractivity contribution in [3.8, 4) is 11.3 Å². The highest BCUT2D eigenvalue weighted by molar-refractivity contribution is 7.14. The number of hydrogen-bond acceptors (Lipinski definition) is 4. The van der Waals surface area contributed by atoms with Gasteiger partial charge in [-0.2, -0.15) is 5.10 Å². The molecule has 128 valence electrons. The van der Waals surface area contributed by atoms with Gasteiger partial charge in [0, 0.05) is 16.0 Å². The van der Waals surface area contributed by atoms with Gasteiger partial charge in [-0.1, -0.05) is 68.8 Å². The lowest BCUT2D eigenvalue weighted by molar-refractivity contribution is 0.590. The van der Waals surface area contributed by atoms with E-state index in [9.17, 15) is 0 Å². The minimum absolute atomic E-state index is 0.160. The van der Waals surface area contributed by atoms with Gasteiger partial charge in [0.1, 0.15) is 0 Å². The molecule has 2 aromatic carbocycles. The van der Waals surface area contributed by atoms with Crippen LogP contribution in [0.1, 0.15) is 31.9 Å². The van der Waals surface area contributed by atoms with Crippen LogP contribution in [0.5, 0.6) is 0 Å². The van der Waals surface area contributed by atoms with Crippen molar-refractivity contribution in [2.75, 3.05) is 5.43 Å². The predicted octanol–water partition coefficient (Wildman–Crippen LogP) is 6.21. The Labute approximate surface area is 157 Å². The molecule has 0 bridgehead atoms. The lowest BCUT2D eigenvalue weighted by Gasteiger charge is -2.18. The standard InChI is InChI=1S/C20H20ClN3S/c1-20(2,3)16-8-4-14(5-9-16)12-22-24-19-23-18(13-25-19)15-6-10-17(21)11-7-15/h4-13H,1-3H3,(H,23,24)/b22-12+. The number of aromatic nitrogens is 1. The number of anilines is 1. The molecule has 0 unspecified atom stereocenters. The van der Waals surface area contributed by atoms with Crippen molar-refractivity contribution in [3.05, 3.63) is 70.1 Å². The van der Waals surface area contributed by atoms with Gasteiger partial charge in [-0.05, 0) is 28.7 Å². The summed E-state index contributed by atoms with van der Waals surface area (Å²) >= 11 is 7.44. The average molecular weight is 370 g/mol. The lowest BCUT2D eigenvalue weighted by Crippen LogP contribution is -2.10. The Morgan fingerprint density at radius 3 is 2.36 bits per heavy atom. The van der Waals surface area contributed by atoms with Gasteiger partial charge in [0.25, 0.3) is 0 Å². The van der Waals surface area contributed by atoms with Crippen molar-refractivity contribution in [2.24, 2.45) is 5.10 Å². The summed E-state index contributed by atoms with van der Waals surface area (Å²) in [6.07, 6.45) is 1.80. The lowest BCUT2D eigenvalue weighted by atomic mass is 9.87. The first-order chi connectivity index (χ1) is 11.9. The van der Waals surface area contributed by atoms with Gasteiger partial charge in [0.05, 0.1) is 11.9 Å². The SMILES string of the molecule is CC(C)(C)c1ccc(/C=N/Nc2nc(-c3ccc(Cl)cc3)cs2)cc1. The third-order valence-corrected chi connectivity index (χ3v) is 4.79. The highest BCUT2D eigenvalue weighted by Gasteiger charge is 2.12. The van der Waals surface area contributed by atoms with Crippen LogP contribution in [-0.4, -0.2) is 11.2 Å². The zero-order valence-corrected chi connectivity index (χ0v) is 16.0. The number of rotatable bonds is 4. The predicted molar refractivity (Wildman–Crippen MR) is 109 cm³/mol. The largest absolute Gasteiger partial charge is 0.253 e. The monoisotopic (exact) mass is 369 g/mol. The van der Waals surface area contributed by atoms with Gasteiger partial charge in [-0.3, -0.25) is 5.43 Å². The Morgan fingerprint density at radius 2 is 1.72 bits per heavy atom. The number of halogens is 1. The van der Waals surface area contributed by atoms with Crippen LogP contribution in [0.4, 0.5) is 5.13 Å². The molecule has 0 aliphatic rings. The Hall–Kier alpha value is -2.17. The van der Waals surface area contributed by atoms with E-state index in [4.69, 9.17) is 11.6 Å². The molecule has 3 rings (SSSR count). The van der Waals surface area contributed by atoms with Crippen LogP contribution in [0.15, 0.2) is 59.0 Å². The summed E-state index contributed by atoms with van der Waals surface area (Å²) in [5, 5.41) is 7.75. The molecule has 0 atom stereocenters. The van der Waals surface area contributed by atoms with Crippen LogP contribution < -0.4 is 5.43 Å². The fourth-order valence-corrected chi connectivity index (χ4v) is 3.10. The second-order valence-electron chi connectivity index (χ2n) is 6.79. The van der Waals surface area contributed by atoms with Gasteiger partial charge in [-0.25, -0.2) is 4.98 Å². The van der Waals surface area contributed by atoms with E-state index >= 15 is 0 Å².